The fourth-order valence-corrected chi connectivity index (χ4v) is 5.17. The minimum Gasteiger partial charge on any atom is -0.497 e. The highest BCUT2D eigenvalue weighted by molar-refractivity contribution is 7.89. The SMILES string of the molecule is COc1ccc(Cn2cnc3c(C(=O)CNS(=O)(=O)c4ccccc4)cc(-c4ccccc4)cc32)cc1. The minimum absolute atomic E-state index is 0.106. The number of carbonyl (C=O) groups excluding carboxylic acids is 1. The molecule has 0 aliphatic rings. The Morgan fingerprint density at radius 1 is 0.892 bits per heavy atom. The summed E-state index contributed by atoms with van der Waals surface area (Å²) in [6, 6.07) is 29.3. The Hall–Kier alpha value is -4.27. The number of sulfonamides is 1. The van der Waals surface area contributed by atoms with Gasteiger partial charge in [0.25, 0.3) is 0 Å². The van der Waals surface area contributed by atoms with E-state index in [1.165, 1.54) is 12.1 Å². The number of aromatic nitrogens is 2. The van der Waals surface area contributed by atoms with Gasteiger partial charge in [0.1, 0.15) is 5.75 Å². The van der Waals surface area contributed by atoms with Gasteiger partial charge < -0.3 is 9.30 Å². The van der Waals surface area contributed by atoms with Gasteiger partial charge in [-0.1, -0.05) is 60.7 Å². The summed E-state index contributed by atoms with van der Waals surface area (Å²) >= 11 is 0. The lowest BCUT2D eigenvalue weighted by Gasteiger charge is -2.11. The molecule has 1 aromatic heterocycles. The van der Waals surface area contributed by atoms with Gasteiger partial charge in [0, 0.05) is 12.1 Å². The van der Waals surface area contributed by atoms with Crippen molar-refractivity contribution in [3.8, 4) is 16.9 Å². The smallest absolute Gasteiger partial charge is 0.240 e. The predicted molar refractivity (Wildman–Crippen MR) is 143 cm³/mol. The standard InChI is InChI=1S/C29H25N3O4S/c1-36-24-14-12-21(13-15-24)19-32-20-30-29-26(16-23(17-27(29)32)22-8-4-2-5-9-22)28(33)18-31-37(34,35)25-10-6-3-7-11-25/h2-17,20,31H,18-19H2,1H3. The zero-order valence-corrected chi connectivity index (χ0v) is 21.0. The Bertz CT molecular complexity index is 1650. The number of rotatable bonds is 9. The Kier molecular flexibility index (Phi) is 6.85. The maximum atomic E-state index is 13.4. The van der Waals surface area contributed by atoms with Gasteiger partial charge >= 0.3 is 0 Å². The van der Waals surface area contributed by atoms with Crippen LogP contribution in [0.3, 0.4) is 0 Å². The van der Waals surface area contributed by atoms with Crippen molar-refractivity contribution < 1.29 is 17.9 Å². The second-order valence-electron chi connectivity index (χ2n) is 8.54. The van der Waals surface area contributed by atoms with Crippen LogP contribution in [0.1, 0.15) is 15.9 Å². The van der Waals surface area contributed by atoms with Crippen LogP contribution in [0, 0.1) is 0 Å². The third-order valence-corrected chi connectivity index (χ3v) is 7.54. The summed E-state index contributed by atoms with van der Waals surface area (Å²) in [6.45, 7) is 0.170. The number of hydrogen-bond acceptors (Lipinski definition) is 5. The molecule has 5 rings (SSSR count). The molecule has 0 fully saturated rings. The van der Waals surface area contributed by atoms with Crippen LogP contribution in [-0.2, 0) is 16.6 Å². The van der Waals surface area contributed by atoms with Gasteiger partial charge in [-0.3, -0.25) is 4.79 Å². The number of Topliss-reactive ketones (excluding diaryl/α,β-unsaturated/α-hetero) is 1. The van der Waals surface area contributed by atoms with Gasteiger partial charge in [-0.15, -0.1) is 0 Å². The fraction of sp³-hybridized carbons (Fsp3) is 0.103. The molecule has 0 atom stereocenters. The van der Waals surface area contributed by atoms with E-state index in [0.717, 1.165) is 28.0 Å². The van der Waals surface area contributed by atoms with E-state index < -0.39 is 10.0 Å². The molecule has 37 heavy (non-hydrogen) atoms. The molecule has 0 radical (unpaired) electrons. The molecule has 1 heterocycles. The van der Waals surface area contributed by atoms with Crippen LogP contribution in [0.2, 0.25) is 0 Å². The van der Waals surface area contributed by atoms with Gasteiger partial charge in [0.05, 0.1) is 35.9 Å². The number of hydrogen-bond donors (Lipinski definition) is 1. The molecule has 186 valence electrons. The maximum absolute atomic E-state index is 13.4. The molecule has 0 saturated carbocycles. The molecule has 0 aliphatic heterocycles. The van der Waals surface area contributed by atoms with Crippen molar-refractivity contribution in [3.05, 3.63) is 115 Å². The van der Waals surface area contributed by atoms with E-state index in [1.54, 1.807) is 37.7 Å². The lowest BCUT2D eigenvalue weighted by molar-refractivity contribution is 0.0998. The molecule has 8 heteroatoms. The molecule has 4 aromatic carbocycles. The zero-order chi connectivity index (χ0) is 25.8. The largest absolute Gasteiger partial charge is 0.497 e. The van der Waals surface area contributed by atoms with Gasteiger partial charge in [-0.2, -0.15) is 0 Å². The van der Waals surface area contributed by atoms with E-state index in [4.69, 9.17) is 4.74 Å². The third kappa shape index (κ3) is 5.30. The molecule has 0 spiro atoms. The first-order valence-electron chi connectivity index (χ1n) is 11.7. The van der Waals surface area contributed by atoms with E-state index in [9.17, 15) is 13.2 Å². The molecule has 0 unspecified atom stereocenters. The number of benzene rings is 4. The van der Waals surface area contributed by atoms with Crippen LogP contribution in [-0.4, -0.2) is 37.4 Å². The highest BCUT2D eigenvalue weighted by Gasteiger charge is 2.20. The second kappa shape index (κ2) is 10.4. The molecule has 0 amide bonds. The summed E-state index contributed by atoms with van der Waals surface area (Å²) in [5.41, 5.74) is 4.51. The fourth-order valence-electron chi connectivity index (χ4n) is 4.17. The summed E-state index contributed by atoms with van der Waals surface area (Å²) in [7, 11) is -2.20. The van der Waals surface area contributed by atoms with Gasteiger partial charge in [-0.05, 0) is 53.1 Å². The molecule has 0 saturated heterocycles. The number of nitrogens with one attached hydrogen (secondary N) is 1. The van der Waals surface area contributed by atoms with E-state index in [1.807, 2.05) is 65.2 Å². The highest BCUT2D eigenvalue weighted by atomic mass is 32.2. The molecule has 1 N–H and O–H groups in total. The van der Waals surface area contributed by atoms with Crippen LogP contribution in [0.4, 0.5) is 0 Å². The molecule has 7 nitrogen and oxygen atoms in total. The number of methoxy groups -OCH3 is 1. The Labute approximate surface area is 215 Å². The number of carbonyl (C=O) groups is 1. The van der Waals surface area contributed by atoms with Crippen molar-refractivity contribution in [2.75, 3.05) is 13.7 Å². The lowest BCUT2D eigenvalue weighted by Crippen LogP contribution is -2.29. The quantitative estimate of drug-likeness (QED) is 0.284. The van der Waals surface area contributed by atoms with Crippen LogP contribution in [0.15, 0.2) is 108 Å². The number of nitrogens with zero attached hydrogens (tertiary/aromatic N) is 2. The van der Waals surface area contributed by atoms with Gasteiger partial charge in [0.15, 0.2) is 5.78 Å². The van der Waals surface area contributed by atoms with Crippen LogP contribution in [0.5, 0.6) is 5.75 Å². The normalized spacial score (nSPS) is 11.5. The molecule has 0 bridgehead atoms. The monoisotopic (exact) mass is 511 g/mol. The van der Waals surface area contributed by atoms with E-state index in [-0.39, 0.29) is 17.2 Å². The lowest BCUT2D eigenvalue weighted by atomic mass is 9.99. The molecular formula is C29H25N3O4S. The summed E-state index contributed by atoms with van der Waals surface area (Å²) in [4.78, 5) is 18.0. The Morgan fingerprint density at radius 2 is 1.57 bits per heavy atom. The van der Waals surface area contributed by atoms with Crippen LogP contribution in [0.25, 0.3) is 22.2 Å². The molecular weight excluding hydrogens is 486 g/mol. The van der Waals surface area contributed by atoms with Crippen molar-refractivity contribution >= 4 is 26.8 Å². The van der Waals surface area contributed by atoms with E-state index in [0.29, 0.717) is 17.6 Å². The summed E-state index contributed by atoms with van der Waals surface area (Å²) < 4.78 is 35.0. The van der Waals surface area contributed by atoms with Crippen molar-refractivity contribution in [1.82, 2.24) is 14.3 Å². The summed E-state index contributed by atoms with van der Waals surface area (Å²) in [6.07, 6.45) is 1.70. The van der Waals surface area contributed by atoms with E-state index >= 15 is 0 Å². The maximum Gasteiger partial charge on any atom is 0.240 e. The summed E-state index contributed by atoms with van der Waals surface area (Å²) in [5.74, 6) is 0.411. The average Bonchev–Trinajstić information content (AvgIpc) is 3.35. The van der Waals surface area contributed by atoms with Gasteiger partial charge in [-0.25, -0.2) is 18.1 Å². The first-order valence-corrected chi connectivity index (χ1v) is 13.2. The van der Waals surface area contributed by atoms with Gasteiger partial charge in [0.2, 0.25) is 10.0 Å². The number of ketones is 1. The Morgan fingerprint density at radius 3 is 2.24 bits per heavy atom. The first-order chi connectivity index (χ1) is 17.9. The summed E-state index contributed by atoms with van der Waals surface area (Å²) in [5, 5.41) is 0. The molecule has 0 aliphatic carbocycles. The minimum atomic E-state index is -3.83. The zero-order valence-electron chi connectivity index (χ0n) is 20.2. The van der Waals surface area contributed by atoms with Crippen molar-refractivity contribution in [2.24, 2.45) is 0 Å². The Balaban J connectivity index is 1.51. The third-order valence-electron chi connectivity index (χ3n) is 6.12. The highest BCUT2D eigenvalue weighted by Crippen LogP contribution is 2.28. The van der Waals surface area contributed by atoms with Crippen LogP contribution >= 0.6 is 0 Å². The second-order valence-corrected chi connectivity index (χ2v) is 10.3. The van der Waals surface area contributed by atoms with Crippen molar-refractivity contribution in [3.63, 3.8) is 0 Å². The van der Waals surface area contributed by atoms with Crippen LogP contribution < -0.4 is 9.46 Å². The predicted octanol–water partition coefficient (Wildman–Crippen LogP) is 4.92. The number of imidazole rings is 1. The number of fused-ring (bicyclic) bond motifs is 1. The molecule has 5 aromatic rings. The van der Waals surface area contributed by atoms with Crippen molar-refractivity contribution in [1.29, 1.82) is 0 Å². The number of ether oxygens (including phenoxy) is 1. The van der Waals surface area contributed by atoms with E-state index in [2.05, 4.69) is 9.71 Å². The topological polar surface area (TPSA) is 90.3 Å². The first kappa shape index (κ1) is 24.4. The average molecular weight is 512 g/mol. The van der Waals surface area contributed by atoms with Crippen molar-refractivity contribution in [2.45, 2.75) is 11.4 Å².